The summed E-state index contributed by atoms with van der Waals surface area (Å²) in [6.45, 7) is 3.12. The van der Waals surface area contributed by atoms with Gasteiger partial charge in [-0.25, -0.2) is 0 Å². The van der Waals surface area contributed by atoms with Crippen molar-refractivity contribution in [2.75, 3.05) is 13.1 Å². The van der Waals surface area contributed by atoms with E-state index in [0.717, 1.165) is 19.6 Å². The average molecular weight is 185 g/mol. The molecule has 0 saturated carbocycles. The molecule has 0 aromatic heterocycles. The van der Waals surface area contributed by atoms with Crippen LogP contribution in [-0.4, -0.2) is 18.0 Å². The fraction of sp³-hybridized carbons (Fsp3) is 0.231. The van der Waals surface area contributed by atoms with E-state index in [4.69, 9.17) is 0 Å². The van der Waals surface area contributed by atoms with Gasteiger partial charge in [-0.1, -0.05) is 54.6 Å². The van der Waals surface area contributed by atoms with Crippen molar-refractivity contribution in [1.29, 1.82) is 0 Å². The van der Waals surface area contributed by atoms with Crippen LogP contribution in [0.15, 0.2) is 54.6 Å². The molecule has 1 heterocycles. The fourth-order valence-electron chi connectivity index (χ4n) is 1.62. The zero-order valence-corrected chi connectivity index (χ0v) is 8.26. The van der Waals surface area contributed by atoms with Crippen molar-refractivity contribution in [3.05, 3.63) is 60.2 Å². The first-order valence-corrected chi connectivity index (χ1v) is 5.03. The third kappa shape index (κ3) is 2.57. The Kier molecular flexibility index (Phi) is 3.15. The number of rotatable bonds is 2. The van der Waals surface area contributed by atoms with Gasteiger partial charge in [-0.05, 0) is 5.56 Å². The van der Waals surface area contributed by atoms with Gasteiger partial charge < -0.3 is 0 Å². The molecule has 2 rings (SSSR count). The molecule has 1 nitrogen and oxygen atoms in total. The molecule has 0 N–H and O–H groups in total. The SMILES string of the molecule is C1=CCN(Cc2ccccc2)CC=C1. The van der Waals surface area contributed by atoms with Crippen molar-refractivity contribution in [2.24, 2.45) is 0 Å². The molecule has 14 heavy (non-hydrogen) atoms. The summed E-state index contributed by atoms with van der Waals surface area (Å²) in [5.74, 6) is 0. The van der Waals surface area contributed by atoms with Crippen molar-refractivity contribution in [1.82, 2.24) is 4.90 Å². The number of nitrogens with zero attached hydrogens (tertiary/aromatic N) is 1. The predicted molar refractivity (Wildman–Crippen MR) is 60.0 cm³/mol. The zero-order valence-electron chi connectivity index (χ0n) is 8.26. The number of hydrogen-bond acceptors (Lipinski definition) is 1. The van der Waals surface area contributed by atoms with Crippen LogP contribution < -0.4 is 0 Å². The molecule has 0 saturated heterocycles. The van der Waals surface area contributed by atoms with Gasteiger partial charge in [-0.2, -0.15) is 0 Å². The molecule has 0 unspecified atom stereocenters. The van der Waals surface area contributed by atoms with E-state index in [1.807, 2.05) is 0 Å². The van der Waals surface area contributed by atoms with Crippen LogP contribution in [0, 0.1) is 0 Å². The van der Waals surface area contributed by atoms with Crippen LogP contribution in [0.25, 0.3) is 0 Å². The zero-order chi connectivity index (χ0) is 9.64. The topological polar surface area (TPSA) is 3.24 Å². The lowest BCUT2D eigenvalue weighted by atomic mass is 10.2. The Labute approximate surface area is 85.4 Å². The maximum Gasteiger partial charge on any atom is 0.0240 e. The first-order valence-electron chi connectivity index (χ1n) is 5.03. The normalized spacial score (nSPS) is 16.9. The van der Waals surface area contributed by atoms with E-state index in [1.165, 1.54) is 5.56 Å². The van der Waals surface area contributed by atoms with Crippen LogP contribution in [0.1, 0.15) is 5.56 Å². The van der Waals surface area contributed by atoms with Crippen LogP contribution >= 0.6 is 0 Å². The molecule has 1 heteroatoms. The van der Waals surface area contributed by atoms with Crippen molar-refractivity contribution in [2.45, 2.75) is 6.54 Å². The van der Waals surface area contributed by atoms with Crippen molar-refractivity contribution >= 4 is 0 Å². The van der Waals surface area contributed by atoms with E-state index in [0.29, 0.717) is 0 Å². The fourth-order valence-corrected chi connectivity index (χ4v) is 1.62. The summed E-state index contributed by atoms with van der Waals surface area (Å²) >= 11 is 0. The van der Waals surface area contributed by atoms with Crippen LogP contribution in [0.4, 0.5) is 0 Å². The highest BCUT2D eigenvalue weighted by atomic mass is 15.1. The molecular weight excluding hydrogens is 170 g/mol. The Morgan fingerprint density at radius 2 is 1.57 bits per heavy atom. The first-order chi connectivity index (χ1) is 6.95. The van der Waals surface area contributed by atoms with E-state index < -0.39 is 0 Å². The van der Waals surface area contributed by atoms with E-state index in [-0.39, 0.29) is 0 Å². The number of benzene rings is 1. The Morgan fingerprint density at radius 1 is 0.929 bits per heavy atom. The summed E-state index contributed by atoms with van der Waals surface area (Å²) in [6.07, 6.45) is 8.63. The second kappa shape index (κ2) is 4.77. The highest BCUT2D eigenvalue weighted by Crippen LogP contribution is 2.05. The third-order valence-electron chi connectivity index (χ3n) is 2.36. The van der Waals surface area contributed by atoms with Crippen LogP contribution in [0.5, 0.6) is 0 Å². The minimum absolute atomic E-state index is 1.04. The minimum Gasteiger partial charge on any atom is -0.292 e. The minimum atomic E-state index is 1.04. The molecule has 0 spiro atoms. The van der Waals surface area contributed by atoms with Crippen LogP contribution in [-0.2, 0) is 6.54 Å². The maximum atomic E-state index is 2.41. The van der Waals surface area contributed by atoms with Gasteiger partial charge in [0, 0.05) is 19.6 Å². The number of hydrogen-bond donors (Lipinski definition) is 0. The lowest BCUT2D eigenvalue weighted by Crippen LogP contribution is -2.22. The maximum absolute atomic E-state index is 2.41. The summed E-state index contributed by atoms with van der Waals surface area (Å²) < 4.78 is 0. The second-order valence-corrected chi connectivity index (χ2v) is 3.54. The quantitative estimate of drug-likeness (QED) is 0.684. The van der Waals surface area contributed by atoms with E-state index in [9.17, 15) is 0 Å². The Balaban J connectivity index is 1.97. The third-order valence-corrected chi connectivity index (χ3v) is 2.36. The monoisotopic (exact) mass is 185 g/mol. The largest absolute Gasteiger partial charge is 0.292 e. The Bertz CT molecular complexity index is 310. The molecule has 0 bridgehead atoms. The predicted octanol–water partition coefficient (Wildman–Crippen LogP) is 2.61. The van der Waals surface area contributed by atoms with Gasteiger partial charge in [0.15, 0.2) is 0 Å². The van der Waals surface area contributed by atoms with E-state index in [2.05, 4.69) is 59.5 Å². The molecule has 1 aliphatic rings. The molecule has 0 fully saturated rings. The first kappa shape index (κ1) is 9.22. The smallest absolute Gasteiger partial charge is 0.0240 e. The molecule has 72 valence electrons. The lowest BCUT2D eigenvalue weighted by Gasteiger charge is -2.17. The van der Waals surface area contributed by atoms with Gasteiger partial charge >= 0.3 is 0 Å². The van der Waals surface area contributed by atoms with Gasteiger partial charge in [-0.3, -0.25) is 4.90 Å². The van der Waals surface area contributed by atoms with Crippen molar-refractivity contribution in [3.8, 4) is 0 Å². The van der Waals surface area contributed by atoms with E-state index in [1.54, 1.807) is 0 Å². The van der Waals surface area contributed by atoms with Gasteiger partial charge in [0.2, 0.25) is 0 Å². The summed E-state index contributed by atoms with van der Waals surface area (Å²) in [6, 6.07) is 10.6. The highest BCUT2D eigenvalue weighted by Gasteiger charge is 2.02. The van der Waals surface area contributed by atoms with Crippen molar-refractivity contribution < 1.29 is 0 Å². The molecular formula is C13H15N. The van der Waals surface area contributed by atoms with Gasteiger partial charge in [-0.15, -0.1) is 0 Å². The Morgan fingerprint density at radius 3 is 2.21 bits per heavy atom. The van der Waals surface area contributed by atoms with Gasteiger partial charge in [0.25, 0.3) is 0 Å². The summed E-state index contributed by atoms with van der Waals surface area (Å²) in [5, 5.41) is 0. The van der Waals surface area contributed by atoms with Crippen molar-refractivity contribution in [3.63, 3.8) is 0 Å². The van der Waals surface area contributed by atoms with E-state index >= 15 is 0 Å². The standard InChI is InChI=1S/C13H15N/c1-2-7-11-14(10-6-1)12-13-8-4-3-5-9-13/h1-9H,10-12H2. The number of allylic oxidation sites excluding steroid dienone is 2. The lowest BCUT2D eigenvalue weighted by molar-refractivity contribution is 0.329. The average Bonchev–Trinajstić information content (AvgIpc) is 2.48. The molecule has 0 aliphatic carbocycles. The molecule has 0 amide bonds. The molecule has 0 atom stereocenters. The summed E-state index contributed by atoms with van der Waals surface area (Å²) in [5.41, 5.74) is 1.39. The molecule has 1 aromatic carbocycles. The summed E-state index contributed by atoms with van der Waals surface area (Å²) in [4.78, 5) is 2.41. The van der Waals surface area contributed by atoms with Gasteiger partial charge in [0.1, 0.15) is 0 Å². The second-order valence-electron chi connectivity index (χ2n) is 3.54. The highest BCUT2D eigenvalue weighted by molar-refractivity contribution is 5.15. The van der Waals surface area contributed by atoms with Gasteiger partial charge in [0.05, 0.1) is 0 Å². The van der Waals surface area contributed by atoms with Crippen LogP contribution in [0.2, 0.25) is 0 Å². The molecule has 1 aliphatic heterocycles. The van der Waals surface area contributed by atoms with Crippen LogP contribution in [0.3, 0.4) is 0 Å². The molecule has 0 radical (unpaired) electrons. The Hall–Kier alpha value is -1.34. The molecule has 1 aromatic rings. The summed E-state index contributed by atoms with van der Waals surface area (Å²) in [7, 11) is 0.